The summed E-state index contributed by atoms with van der Waals surface area (Å²) in [6.07, 6.45) is -1.10. The van der Waals surface area contributed by atoms with E-state index in [-0.39, 0.29) is 58.1 Å². The van der Waals surface area contributed by atoms with Crippen LogP contribution in [-0.4, -0.2) is 93.6 Å². The Kier molecular flexibility index (Phi) is 16.3. The first-order valence-corrected chi connectivity index (χ1v) is 11.5. The number of ether oxygens (including phenoxy) is 4. The predicted molar refractivity (Wildman–Crippen MR) is 112 cm³/mol. The highest BCUT2D eigenvalue weighted by Gasteiger charge is 2.25. The van der Waals surface area contributed by atoms with Crippen molar-refractivity contribution < 1.29 is 56.6 Å². The number of esters is 2. The van der Waals surface area contributed by atoms with E-state index in [2.05, 4.69) is 15.4 Å². The van der Waals surface area contributed by atoms with E-state index < -0.39 is 38.4 Å². The quantitative estimate of drug-likeness (QED) is 0.122. The molecule has 0 saturated heterocycles. The van der Waals surface area contributed by atoms with Crippen molar-refractivity contribution in [3.8, 4) is 0 Å². The fraction of sp³-hybridized carbons (Fsp3) is 0.778. The first-order valence-electron chi connectivity index (χ1n) is 10.0. The standard InChI is InChI=1S/C18H33N2O12P/c1-13(2)20-18(24)12-28-8-7-27-11-17(23)19-5-6-30-33(25,26)31-10-16(32-15(4)22)9-29-14(3)21/h13,16H,5-12H2,1-4H3,(H,19,23)(H,20,24)(H,25,26)/t16-/m1/s1. The van der Waals surface area contributed by atoms with Gasteiger partial charge in [0.05, 0.1) is 26.4 Å². The largest absolute Gasteiger partial charge is 0.472 e. The van der Waals surface area contributed by atoms with Crippen LogP contribution in [-0.2, 0) is 51.7 Å². The van der Waals surface area contributed by atoms with Crippen molar-refractivity contribution in [2.24, 2.45) is 0 Å². The summed E-state index contributed by atoms with van der Waals surface area (Å²) in [4.78, 5) is 54.5. The van der Waals surface area contributed by atoms with Gasteiger partial charge in [-0.3, -0.25) is 28.2 Å². The number of phosphoric ester groups is 1. The van der Waals surface area contributed by atoms with Crippen molar-refractivity contribution in [3.05, 3.63) is 0 Å². The lowest BCUT2D eigenvalue weighted by Gasteiger charge is -2.18. The predicted octanol–water partition coefficient (Wildman–Crippen LogP) is -0.711. The SMILES string of the molecule is CC(=O)OC[C@H](COP(=O)(O)OCCNC(=O)COCCOCC(=O)NC(C)C)OC(C)=O. The summed E-state index contributed by atoms with van der Waals surface area (Å²) in [5.41, 5.74) is 0. The molecule has 0 radical (unpaired) electrons. The van der Waals surface area contributed by atoms with Crippen molar-refractivity contribution in [1.82, 2.24) is 10.6 Å². The Labute approximate surface area is 192 Å². The number of carbonyl (C=O) groups excluding carboxylic acids is 4. The maximum atomic E-state index is 11.8. The van der Waals surface area contributed by atoms with E-state index in [0.29, 0.717) is 0 Å². The third-order valence-corrected chi connectivity index (χ3v) is 4.18. The van der Waals surface area contributed by atoms with Gasteiger partial charge in [0.25, 0.3) is 0 Å². The van der Waals surface area contributed by atoms with Crippen molar-refractivity contribution in [1.29, 1.82) is 0 Å². The molecule has 33 heavy (non-hydrogen) atoms. The van der Waals surface area contributed by atoms with Gasteiger partial charge in [0.2, 0.25) is 11.8 Å². The van der Waals surface area contributed by atoms with Gasteiger partial charge >= 0.3 is 19.8 Å². The van der Waals surface area contributed by atoms with Crippen LogP contribution in [0.4, 0.5) is 0 Å². The Morgan fingerprint density at radius 2 is 1.48 bits per heavy atom. The highest BCUT2D eigenvalue weighted by Crippen LogP contribution is 2.43. The maximum absolute atomic E-state index is 11.8. The number of nitrogens with one attached hydrogen (secondary N) is 2. The van der Waals surface area contributed by atoms with Crippen molar-refractivity contribution in [2.45, 2.75) is 39.8 Å². The van der Waals surface area contributed by atoms with Crippen LogP contribution >= 0.6 is 7.82 Å². The van der Waals surface area contributed by atoms with Gasteiger partial charge in [0.1, 0.15) is 19.8 Å². The van der Waals surface area contributed by atoms with E-state index in [9.17, 15) is 28.6 Å². The third-order valence-electron chi connectivity index (χ3n) is 3.20. The molecule has 0 aromatic carbocycles. The molecule has 0 saturated carbocycles. The molecule has 14 nitrogen and oxygen atoms in total. The highest BCUT2D eigenvalue weighted by molar-refractivity contribution is 7.47. The van der Waals surface area contributed by atoms with Crippen molar-refractivity contribution in [2.75, 3.05) is 52.8 Å². The zero-order chi connectivity index (χ0) is 25.3. The number of rotatable bonds is 18. The zero-order valence-corrected chi connectivity index (χ0v) is 20.1. The van der Waals surface area contributed by atoms with E-state index in [4.69, 9.17) is 23.3 Å². The lowest BCUT2D eigenvalue weighted by Crippen LogP contribution is -2.34. The average Bonchev–Trinajstić information content (AvgIpc) is 2.69. The number of hydrogen-bond acceptors (Lipinski definition) is 11. The third kappa shape index (κ3) is 20.3. The molecule has 0 fully saturated rings. The van der Waals surface area contributed by atoms with Gasteiger partial charge in [0.15, 0.2) is 6.10 Å². The molecule has 0 aromatic rings. The summed E-state index contributed by atoms with van der Waals surface area (Å²) in [6, 6.07) is 0.0151. The van der Waals surface area contributed by atoms with Gasteiger partial charge in [-0.25, -0.2) is 4.57 Å². The molecule has 15 heteroatoms. The summed E-state index contributed by atoms with van der Waals surface area (Å²) < 4.78 is 40.9. The highest BCUT2D eigenvalue weighted by atomic mass is 31.2. The van der Waals surface area contributed by atoms with Crippen LogP contribution < -0.4 is 10.6 Å². The maximum Gasteiger partial charge on any atom is 0.472 e. The molecule has 0 heterocycles. The number of phosphoric acid groups is 1. The lowest BCUT2D eigenvalue weighted by molar-refractivity contribution is -0.158. The normalized spacial score (nSPS) is 13.6. The Hall–Kier alpha value is -2.09. The van der Waals surface area contributed by atoms with Crippen LogP contribution in [0, 0.1) is 0 Å². The molecule has 0 rings (SSSR count). The summed E-state index contributed by atoms with van der Waals surface area (Å²) in [6.45, 7) is 4.36. The molecule has 0 aromatic heterocycles. The first kappa shape index (κ1) is 30.9. The number of amides is 2. The van der Waals surface area contributed by atoms with Crippen LogP contribution in [0.15, 0.2) is 0 Å². The smallest absolute Gasteiger partial charge is 0.462 e. The molecule has 0 aliphatic carbocycles. The van der Waals surface area contributed by atoms with Gasteiger partial charge in [-0.15, -0.1) is 0 Å². The summed E-state index contributed by atoms with van der Waals surface area (Å²) in [5, 5.41) is 5.06. The van der Waals surface area contributed by atoms with Crippen LogP contribution in [0.5, 0.6) is 0 Å². The van der Waals surface area contributed by atoms with E-state index in [0.717, 1.165) is 13.8 Å². The first-order chi connectivity index (χ1) is 15.4. The second-order valence-electron chi connectivity index (χ2n) is 6.81. The molecule has 192 valence electrons. The van der Waals surface area contributed by atoms with E-state index in [1.807, 2.05) is 13.8 Å². The second-order valence-corrected chi connectivity index (χ2v) is 8.26. The topological polar surface area (TPSA) is 185 Å². The van der Waals surface area contributed by atoms with E-state index in [1.165, 1.54) is 0 Å². The molecule has 0 aliphatic rings. The van der Waals surface area contributed by atoms with Crippen LogP contribution in [0.25, 0.3) is 0 Å². The van der Waals surface area contributed by atoms with Crippen LogP contribution in [0.1, 0.15) is 27.7 Å². The summed E-state index contributed by atoms with van der Waals surface area (Å²) >= 11 is 0. The Morgan fingerprint density at radius 3 is 2.03 bits per heavy atom. The zero-order valence-electron chi connectivity index (χ0n) is 19.2. The molecule has 3 N–H and O–H groups in total. The van der Waals surface area contributed by atoms with Gasteiger partial charge < -0.3 is 34.5 Å². The minimum atomic E-state index is -4.51. The Balaban J connectivity index is 3.95. The second kappa shape index (κ2) is 17.4. The van der Waals surface area contributed by atoms with Gasteiger partial charge in [0, 0.05) is 26.4 Å². The van der Waals surface area contributed by atoms with Crippen molar-refractivity contribution >= 4 is 31.6 Å². The monoisotopic (exact) mass is 500 g/mol. The molecule has 0 bridgehead atoms. The van der Waals surface area contributed by atoms with Gasteiger partial charge in [-0.1, -0.05) is 0 Å². The summed E-state index contributed by atoms with van der Waals surface area (Å²) in [5.74, 6) is -2.07. The minimum absolute atomic E-state index is 0.0151. The fourth-order valence-corrected chi connectivity index (χ4v) is 2.74. The minimum Gasteiger partial charge on any atom is -0.462 e. The van der Waals surface area contributed by atoms with Crippen LogP contribution in [0.2, 0.25) is 0 Å². The van der Waals surface area contributed by atoms with E-state index in [1.54, 1.807) is 0 Å². The molecular formula is C18H33N2O12P. The molecule has 0 aliphatic heterocycles. The Bertz CT molecular complexity index is 673. The number of hydrogen-bond donors (Lipinski definition) is 3. The summed E-state index contributed by atoms with van der Waals surface area (Å²) in [7, 11) is -4.51. The molecular weight excluding hydrogens is 467 g/mol. The molecule has 1 unspecified atom stereocenters. The average molecular weight is 500 g/mol. The van der Waals surface area contributed by atoms with Crippen molar-refractivity contribution in [3.63, 3.8) is 0 Å². The van der Waals surface area contributed by atoms with Gasteiger partial charge in [-0.05, 0) is 13.8 Å². The number of carbonyl (C=O) groups is 4. The molecule has 0 spiro atoms. The van der Waals surface area contributed by atoms with Crippen LogP contribution in [0.3, 0.4) is 0 Å². The molecule has 2 atom stereocenters. The van der Waals surface area contributed by atoms with Gasteiger partial charge in [-0.2, -0.15) is 0 Å². The molecule has 2 amide bonds. The fourth-order valence-electron chi connectivity index (χ4n) is 1.99. The van der Waals surface area contributed by atoms with E-state index >= 15 is 0 Å². The lowest BCUT2D eigenvalue weighted by atomic mass is 10.4. The Morgan fingerprint density at radius 1 is 0.879 bits per heavy atom.